The number of aliphatic carboxylic acids is 1. The van der Waals surface area contributed by atoms with Crippen molar-refractivity contribution in [2.24, 2.45) is 0 Å². The smallest absolute Gasteiger partial charge is 0.326 e. The summed E-state index contributed by atoms with van der Waals surface area (Å²) in [5.41, 5.74) is 1.86. The third-order valence-corrected chi connectivity index (χ3v) is 3.36. The van der Waals surface area contributed by atoms with Crippen LogP contribution in [0.25, 0.3) is 0 Å². The molecule has 0 bridgehead atoms. The molecular formula is C14H17NO3. The molecule has 1 saturated heterocycles. The van der Waals surface area contributed by atoms with Gasteiger partial charge in [-0.1, -0.05) is 19.1 Å². The quantitative estimate of drug-likeness (QED) is 0.891. The molecule has 1 atom stereocenters. The minimum absolute atomic E-state index is 0.0992. The molecule has 1 aromatic carbocycles. The first kappa shape index (κ1) is 12.6. The predicted molar refractivity (Wildman–Crippen MR) is 68.6 cm³/mol. The predicted octanol–water partition coefficient (Wildman–Crippen LogP) is 2.22. The van der Waals surface area contributed by atoms with Gasteiger partial charge in [0.1, 0.15) is 6.04 Å². The summed E-state index contributed by atoms with van der Waals surface area (Å²) >= 11 is 0. The van der Waals surface area contributed by atoms with Gasteiger partial charge in [0.15, 0.2) is 0 Å². The summed E-state index contributed by atoms with van der Waals surface area (Å²) in [5, 5.41) is 9.19. The monoisotopic (exact) mass is 247 g/mol. The molecule has 0 aromatic heterocycles. The van der Waals surface area contributed by atoms with Gasteiger partial charge in [-0.25, -0.2) is 4.79 Å². The standard InChI is InChI=1S/C14H17NO3/c1-2-10-6-8-11(9-7-10)15-12(14(17)18)4-3-5-13(15)16/h6-9,12H,2-5H2,1H3,(H,17,18). The summed E-state index contributed by atoms with van der Waals surface area (Å²) in [4.78, 5) is 24.6. The molecular weight excluding hydrogens is 230 g/mol. The van der Waals surface area contributed by atoms with Crippen LogP contribution in [-0.4, -0.2) is 23.0 Å². The van der Waals surface area contributed by atoms with Crippen molar-refractivity contribution in [3.8, 4) is 0 Å². The highest BCUT2D eigenvalue weighted by molar-refractivity contribution is 6.00. The van der Waals surface area contributed by atoms with Crippen molar-refractivity contribution in [1.82, 2.24) is 0 Å². The number of carboxylic acid groups (broad SMARTS) is 1. The topological polar surface area (TPSA) is 57.6 Å². The van der Waals surface area contributed by atoms with Crippen LogP contribution in [0.15, 0.2) is 24.3 Å². The first-order valence-corrected chi connectivity index (χ1v) is 6.27. The molecule has 4 nitrogen and oxygen atoms in total. The number of anilines is 1. The van der Waals surface area contributed by atoms with Gasteiger partial charge in [0.2, 0.25) is 5.91 Å². The molecule has 0 saturated carbocycles. The lowest BCUT2D eigenvalue weighted by Gasteiger charge is -2.33. The van der Waals surface area contributed by atoms with E-state index in [2.05, 4.69) is 6.92 Å². The van der Waals surface area contributed by atoms with Gasteiger partial charge in [-0.15, -0.1) is 0 Å². The SMILES string of the molecule is CCc1ccc(N2C(=O)CCCC2C(=O)O)cc1. The summed E-state index contributed by atoms with van der Waals surface area (Å²) in [5.74, 6) is -1.03. The van der Waals surface area contributed by atoms with E-state index in [1.807, 2.05) is 24.3 Å². The lowest BCUT2D eigenvalue weighted by molar-refractivity contribution is -0.141. The zero-order valence-electron chi connectivity index (χ0n) is 10.4. The second kappa shape index (κ2) is 5.21. The summed E-state index contributed by atoms with van der Waals surface area (Å²) in [6.07, 6.45) is 2.53. The van der Waals surface area contributed by atoms with Crippen molar-refractivity contribution < 1.29 is 14.7 Å². The summed E-state index contributed by atoms with van der Waals surface area (Å²) in [7, 11) is 0. The fourth-order valence-electron chi connectivity index (χ4n) is 2.32. The van der Waals surface area contributed by atoms with E-state index in [1.54, 1.807) is 0 Å². The van der Waals surface area contributed by atoms with E-state index < -0.39 is 12.0 Å². The fourth-order valence-corrected chi connectivity index (χ4v) is 2.32. The van der Waals surface area contributed by atoms with Crippen LogP contribution in [0.3, 0.4) is 0 Å². The summed E-state index contributed by atoms with van der Waals surface area (Å²) in [6, 6.07) is 6.82. The third kappa shape index (κ3) is 2.37. The number of aryl methyl sites for hydroxylation is 1. The van der Waals surface area contributed by atoms with E-state index in [-0.39, 0.29) is 5.91 Å². The van der Waals surface area contributed by atoms with Crippen LogP contribution in [0.4, 0.5) is 5.69 Å². The van der Waals surface area contributed by atoms with E-state index in [1.165, 1.54) is 10.5 Å². The number of nitrogens with zero attached hydrogens (tertiary/aromatic N) is 1. The average molecular weight is 247 g/mol. The molecule has 18 heavy (non-hydrogen) atoms. The Morgan fingerprint density at radius 1 is 1.39 bits per heavy atom. The van der Waals surface area contributed by atoms with Gasteiger partial charge in [-0.05, 0) is 37.0 Å². The maximum atomic E-state index is 11.9. The Hall–Kier alpha value is -1.84. The Labute approximate surface area is 106 Å². The maximum absolute atomic E-state index is 11.9. The van der Waals surface area contributed by atoms with Crippen molar-refractivity contribution in [2.75, 3.05) is 4.90 Å². The normalized spacial score (nSPS) is 19.9. The Morgan fingerprint density at radius 3 is 2.61 bits per heavy atom. The highest BCUT2D eigenvalue weighted by Gasteiger charge is 2.33. The lowest BCUT2D eigenvalue weighted by atomic mass is 10.00. The minimum Gasteiger partial charge on any atom is -0.480 e. The molecule has 1 aliphatic rings. The summed E-state index contributed by atoms with van der Waals surface area (Å²) in [6.45, 7) is 2.06. The average Bonchev–Trinajstić information content (AvgIpc) is 2.38. The highest BCUT2D eigenvalue weighted by Crippen LogP contribution is 2.26. The van der Waals surface area contributed by atoms with Crippen molar-refractivity contribution in [1.29, 1.82) is 0 Å². The highest BCUT2D eigenvalue weighted by atomic mass is 16.4. The van der Waals surface area contributed by atoms with Crippen LogP contribution in [0.2, 0.25) is 0 Å². The van der Waals surface area contributed by atoms with Gasteiger partial charge >= 0.3 is 5.97 Å². The first-order chi connectivity index (χ1) is 8.63. The molecule has 2 rings (SSSR count). The number of piperidine rings is 1. The van der Waals surface area contributed by atoms with Gasteiger partial charge in [-0.3, -0.25) is 9.69 Å². The maximum Gasteiger partial charge on any atom is 0.326 e. The first-order valence-electron chi connectivity index (χ1n) is 6.27. The molecule has 96 valence electrons. The van der Waals surface area contributed by atoms with Gasteiger partial charge in [0.25, 0.3) is 0 Å². The Balaban J connectivity index is 2.31. The molecule has 0 radical (unpaired) electrons. The van der Waals surface area contributed by atoms with Crippen LogP contribution >= 0.6 is 0 Å². The van der Waals surface area contributed by atoms with Crippen LogP contribution < -0.4 is 4.90 Å². The summed E-state index contributed by atoms with van der Waals surface area (Å²) < 4.78 is 0. The van der Waals surface area contributed by atoms with Crippen molar-refractivity contribution in [2.45, 2.75) is 38.6 Å². The van der Waals surface area contributed by atoms with Crippen LogP contribution in [-0.2, 0) is 16.0 Å². The zero-order valence-corrected chi connectivity index (χ0v) is 10.4. The number of rotatable bonds is 3. The van der Waals surface area contributed by atoms with Gasteiger partial charge < -0.3 is 5.11 Å². The van der Waals surface area contributed by atoms with Gasteiger partial charge in [0, 0.05) is 12.1 Å². The number of hydrogen-bond acceptors (Lipinski definition) is 2. The van der Waals surface area contributed by atoms with Crippen LogP contribution in [0.5, 0.6) is 0 Å². The van der Waals surface area contributed by atoms with E-state index in [0.717, 1.165) is 6.42 Å². The van der Waals surface area contributed by atoms with Crippen LogP contribution in [0.1, 0.15) is 31.7 Å². The zero-order chi connectivity index (χ0) is 13.1. The van der Waals surface area contributed by atoms with E-state index in [4.69, 9.17) is 0 Å². The molecule has 1 aliphatic heterocycles. The lowest BCUT2D eigenvalue weighted by Crippen LogP contribution is -2.48. The number of carbonyl (C=O) groups is 2. The van der Waals surface area contributed by atoms with Crippen molar-refractivity contribution in [3.63, 3.8) is 0 Å². The van der Waals surface area contributed by atoms with Crippen molar-refractivity contribution in [3.05, 3.63) is 29.8 Å². The fraction of sp³-hybridized carbons (Fsp3) is 0.429. The molecule has 1 aromatic rings. The number of benzene rings is 1. The van der Waals surface area contributed by atoms with E-state index >= 15 is 0 Å². The largest absolute Gasteiger partial charge is 0.480 e. The molecule has 1 fully saturated rings. The second-order valence-electron chi connectivity index (χ2n) is 4.53. The van der Waals surface area contributed by atoms with Crippen molar-refractivity contribution >= 4 is 17.6 Å². The third-order valence-electron chi connectivity index (χ3n) is 3.36. The Morgan fingerprint density at radius 2 is 2.06 bits per heavy atom. The molecule has 1 unspecified atom stereocenters. The minimum atomic E-state index is -0.928. The van der Waals surface area contributed by atoms with Gasteiger partial charge in [-0.2, -0.15) is 0 Å². The number of carbonyl (C=O) groups excluding carboxylic acids is 1. The number of hydrogen-bond donors (Lipinski definition) is 1. The molecule has 1 N–H and O–H groups in total. The Bertz CT molecular complexity index is 453. The number of amides is 1. The molecule has 4 heteroatoms. The van der Waals surface area contributed by atoms with Gasteiger partial charge in [0.05, 0.1) is 0 Å². The molecule has 1 amide bonds. The molecule has 1 heterocycles. The van der Waals surface area contributed by atoms with Crippen LogP contribution in [0, 0.1) is 0 Å². The van der Waals surface area contributed by atoms with E-state index in [9.17, 15) is 14.7 Å². The van der Waals surface area contributed by atoms with E-state index in [0.29, 0.717) is 24.9 Å². The Kier molecular flexibility index (Phi) is 3.65. The number of carboxylic acids is 1. The molecule has 0 spiro atoms. The second-order valence-corrected chi connectivity index (χ2v) is 4.53. The molecule has 0 aliphatic carbocycles.